The Kier molecular flexibility index (Phi) is 4.67. The summed E-state index contributed by atoms with van der Waals surface area (Å²) >= 11 is 1.43. The fourth-order valence-electron chi connectivity index (χ4n) is 2.51. The molecule has 1 aliphatic rings. The Hall–Kier alpha value is -2.73. The number of nitrogens with zero attached hydrogens (tertiary/aromatic N) is 1. The van der Waals surface area contributed by atoms with Crippen LogP contribution in [0, 0.1) is 5.82 Å². The van der Waals surface area contributed by atoms with Gasteiger partial charge in [-0.3, -0.25) is 4.79 Å². The molecule has 0 saturated heterocycles. The van der Waals surface area contributed by atoms with Gasteiger partial charge < -0.3 is 10.1 Å². The van der Waals surface area contributed by atoms with E-state index >= 15 is 0 Å². The number of ether oxygens (including phenoxy) is 1. The summed E-state index contributed by atoms with van der Waals surface area (Å²) in [5, 5.41) is 5.48. The van der Waals surface area contributed by atoms with Crippen LogP contribution < -0.4 is 10.1 Å². The Morgan fingerprint density at radius 1 is 1.23 bits per heavy atom. The summed E-state index contributed by atoms with van der Waals surface area (Å²) < 4.78 is 19.0. The summed E-state index contributed by atoms with van der Waals surface area (Å²) in [6, 6.07) is 14.2. The van der Waals surface area contributed by atoms with E-state index in [1.165, 1.54) is 23.5 Å². The number of benzene rings is 2. The first-order valence-electron chi connectivity index (χ1n) is 8.41. The van der Waals surface area contributed by atoms with Crippen LogP contribution in [0.2, 0.25) is 0 Å². The van der Waals surface area contributed by atoms with Gasteiger partial charge in [-0.1, -0.05) is 24.3 Å². The minimum absolute atomic E-state index is 0.117. The molecule has 0 radical (unpaired) electrons. The van der Waals surface area contributed by atoms with Crippen molar-refractivity contribution in [1.82, 2.24) is 10.3 Å². The molecule has 0 unspecified atom stereocenters. The molecule has 132 valence electrons. The zero-order valence-electron chi connectivity index (χ0n) is 13.9. The van der Waals surface area contributed by atoms with Crippen LogP contribution in [-0.4, -0.2) is 16.9 Å². The van der Waals surface area contributed by atoms with Crippen molar-refractivity contribution < 1.29 is 13.9 Å². The molecule has 1 heterocycles. The molecule has 1 aliphatic carbocycles. The lowest BCUT2D eigenvalue weighted by Gasteiger charge is -2.07. The van der Waals surface area contributed by atoms with Crippen molar-refractivity contribution in [2.24, 2.45) is 0 Å². The first-order chi connectivity index (χ1) is 12.7. The number of hydrogen-bond acceptors (Lipinski definition) is 4. The van der Waals surface area contributed by atoms with Crippen molar-refractivity contribution in [2.75, 3.05) is 0 Å². The molecule has 26 heavy (non-hydrogen) atoms. The normalized spacial score (nSPS) is 13.4. The van der Waals surface area contributed by atoms with Gasteiger partial charge in [-0.15, -0.1) is 11.3 Å². The molecule has 0 spiro atoms. The molecule has 1 amide bonds. The van der Waals surface area contributed by atoms with Crippen molar-refractivity contribution in [2.45, 2.75) is 25.5 Å². The van der Waals surface area contributed by atoms with Gasteiger partial charge in [0.2, 0.25) is 0 Å². The minimum Gasteiger partial charge on any atom is -0.489 e. The highest BCUT2D eigenvalue weighted by molar-refractivity contribution is 7.13. The SMILES string of the molecule is O=C(NC1CC1)c1csc(-c2cccc(OCc3cccc(F)c3)c2)n1. The minimum atomic E-state index is -0.278. The zero-order valence-corrected chi connectivity index (χ0v) is 14.8. The predicted octanol–water partition coefficient (Wildman–Crippen LogP) is 4.42. The quantitative estimate of drug-likeness (QED) is 0.701. The third kappa shape index (κ3) is 4.08. The number of aromatic nitrogens is 1. The van der Waals surface area contributed by atoms with E-state index in [2.05, 4.69) is 10.3 Å². The molecule has 4 nitrogen and oxygen atoms in total. The Morgan fingerprint density at radius 3 is 2.88 bits per heavy atom. The van der Waals surface area contributed by atoms with Gasteiger partial charge in [-0.25, -0.2) is 9.37 Å². The molecular weight excluding hydrogens is 351 g/mol. The van der Waals surface area contributed by atoms with Crippen LogP contribution in [0.4, 0.5) is 4.39 Å². The van der Waals surface area contributed by atoms with Gasteiger partial charge >= 0.3 is 0 Å². The van der Waals surface area contributed by atoms with E-state index in [1.807, 2.05) is 30.3 Å². The monoisotopic (exact) mass is 368 g/mol. The number of hydrogen-bond donors (Lipinski definition) is 1. The van der Waals surface area contributed by atoms with E-state index in [0.29, 0.717) is 17.5 Å². The van der Waals surface area contributed by atoms with E-state index in [0.717, 1.165) is 29.0 Å². The Balaban J connectivity index is 1.45. The Bertz CT molecular complexity index is 937. The van der Waals surface area contributed by atoms with Crippen LogP contribution in [0.1, 0.15) is 28.9 Å². The van der Waals surface area contributed by atoms with Gasteiger partial charge in [0.15, 0.2) is 0 Å². The number of nitrogens with one attached hydrogen (secondary N) is 1. The maximum absolute atomic E-state index is 13.2. The fourth-order valence-corrected chi connectivity index (χ4v) is 3.31. The van der Waals surface area contributed by atoms with Gasteiger partial charge in [0.25, 0.3) is 5.91 Å². The van der Waals surface area contributed by atoms with Gasteiger partial charge in [0.05, 0.1) is 0 Å². The number of halogens is 1. The van der Waals surface area contributed by atoms with Gasteiger partial charge in [0, 0.05) is 17.0 Å². The molecule has 6 heteroatoms. The highest BCUT2D eigenvalue weighted by Crippen LogP contribution is 2.28. The molecule has 1 N–H and O–H groups in total. The third-order valence-corrected chi connectivity index (χ3v) is 4.92. The van der Waals surface area contributed by atoms with Crippen molar-refractivity contribution in [3.05, 3.63) is 71.0 Å². The zero-order chi connectivity index (χ0) is 17.9. The molecule has 0 atom stereocenters. The predicted molar refractivity (Wildman–Crippen MR) is 98.8 cm³/mol. The Morgan fingerprint density at radius 2 is 2.08 bits per heavy atom. The molecule has 1 aromatic heterocycles. The molecule has 0 aliphatic heterocycles. The van der Waals surface area contributed by atoms with Crippen LogP contribution in [-0.2, 0) is 6.61 Å². The lowest BCUT2D eigenvalue weighted by molar-refractivity contribution is 0.0947. The van der Waals surface area contributed by atoms with E-state index in [-0.39, 0.29) is 18.3 Å². The van der Waals surface area contributed by atoms with Crippen LogP contribution in [0.5, 0.6) is 5.75 Å². The number of thiazole rings is 1. The summed E-state index contributed by atoms with van der Waals surface area (Å²) in [7, 11) is 0. The van der Waals surface area contributed by atoms with E-state index in [1.54, 1.807) is 11.4 Å². The van der Waals surface area contributed by atoms with Gasteiger partial charge in [-0.2, -0.15) is 0 Å². The number of rotatable bonds is 6. The standard InChI is InChI=1S/C20H17FN2O2S/c21-15-5-1-3-13(9-15)11-25-17-6-2-4-14(10-17)20-23-18(12-26-20)19(24)22-16-7-8-16/h1-6,9-10,12,16H,7-8,11H2,(H,22,24). The summed E-state index contributed by atoms with van der Waals surface area (Å²) in [5.74, 6) is 0.277. The van der Waals surface area contributed by atoms with Crippen LogP contribution in [0.25, 0.3) is 10.6 Å². The van der Waals surface area contributed by atoms with Gasteiger partial charge in [-0.05, 0) is 42.7 Å². The highest BCUT2D eigenvalue weighted by Gasteiger charge is 2.24. The lowest BCUT2D eigenvalue weighted by Crippen LogP contribution is -2.25. The third-order valence-electron chi connectivity index (χ3n) is 4.02. The second-order valence-electron chi connectivity index (χ2n) is 6.23. The van der Waals surface area contributed by atoms with Crippen LogP contribution in [0.15, 0.2) is 53.9 Å². The highest BCUT2D eigenvalue weighted by atomic mass is 32.1. The maximum Gasteiger partial charge on any atom is 0.270 e. The average Bonchev–Trinajstić information content (AvgIpc) is 3.32. The summed E-state index contributed by atoms with van der Waals surface area (Å²) in [4.78, 5) is 16.5. The number of carbonyl (C=O) groups excluding carboxylic acids is 1. The molecular formula is C20H17FN2O2S. The molecule has 3 aromatic rings. The van der Waals surface area contributed by atoms with Crippen LogP contribution >= 0.6 is 11.3 Å². The first-order valence-corrected chi connectivity index (χ1v) is 9.29. The van der Waals surface area contributed by atoms with Crippen molar-refractivity contribution in [1.29, 1.82) is 0 Å². The topological polar surface area (TPSA) is 51.2 Å². The van der Waals surface area contributed by atoms with Crippen molar-refractivity contribution >= 4 is 17.2 Å². The fraction of sp³-hybridized carbons (Fsp3) is 0.200. The molecule has 4 rings (SSSR count). The first kappa shape index (κ1) is 16.7. The summed E-state index contributed by atoms with van der Waals surface area (Å²) in [6.07, 6.45) is 2.10. The average molecular weight is 368 g/mol. The van der Waals surface area contributed by atoms with Gasteiger partial charge in [0.1, 0.15) is 28.9 Å². The summed E-state index contributed by atoms with van der Waals surface area (Å²) in [5.41, 5.74) is 2.10. The lowest BCUT2D eigenvalue weighted by atomic mass is 10.2. The summed E-state index contributed by atoms with van der Waals surface area (Å²) in [6.45, 7) is 0.286. The smallest absolute Gasteiger partial charge is 0.270 e. The molecule has 2 aromatic carbocycles. The maximum atomic E-state index is 13.2. The molecule has 1 fully saturated rings. The second kappa shape index (κ2) is 7.25. The Labute approximate surface area is 154 Å². The van der Waals surface area contributed by atoms with Crippen molar-refractivity contribution in [3.8, 4) is 16.3 Å². The van der Waals surface area contributed by atoms with E-state index in [4.69, 9.17) is 4.74 Å². The second-order valence-corrected chi connectivity index (χ2v) is 7.09. The number of carbonyl (C=O) groups is 1. The molecule has 1 saturated carbocycles. The largest absolute Gasteiger partial charge is 0.489 e. The van der Waals surface area contributed by atoms with E-state index in [9.17, 15) is 9.18 Å². The number of amides is 1. The molecule has 0 bridgehead atoms. The van der Waals surface area contributed by atoms with Crippen molar-refractivity contribution in [3.63, 3.8) is 0 Å². The van der Waals surface area contributed by atoms with E-state index < -0.39 is 0 Å². The van der Waals surface area contributed by atoms with Crippen LogP contribution in [0.3, 0.4) is 0 Å².